The van der Waals surface area contributed by atoms with Crippen molar-refractivity contribution >= 4 is 11.6 Å². The summed E-state index contributed by atoms with van der Waals surface area (Å²) >= 11 is 0. The van der Waals surface area contributed by atoms with Crippen molar-refractivity contribution in [2.45, 2.75) is 13.3 Å². The molecule has 8 heteroatoms. The third-order valence-corrected chi connectivity index (χ3v) is 2.46. The molecule has 0 spiro atoms. The van der Waals surface area contributed by atoms with Gasteiger partial charge in [-0.3, -0.25) is 14.9 Å². The quantitative estimate of drug-likeness (QED) is 0.211. The summed E-state index contributed by atoms with van der Waals surface area (Å²) in [6.07, 6.45) is 0.482. The number of nitrogens with one attached hydrogen (secondary N) is 1. The monoisotopic (exact) mass is 263 g/mol. The highest BCUT2D eigenvalue weighted by molar-refractivity contribution is 5.99. The summed E-state index contributed by atoms with van der Waals surface area (Å²) in [7, 11) is 0. The maximum absolute atomic E-state index is 11.9. The predicted octanol–water partition coefficient (Wildman–Crippen LogP) is 2.33. The molecule has 1 rings (SSSR count). The Labute approximate surface area is 109 Å². The molecule has 0 saturated heterocycles. The summed E-state index contributed by atoms with van der Waals surface area (Å²) in [6.45, 7) is 2.21. The van der Waals surface area contributed by atoms with E-state index in [-0.39, 0.29) is 17.8 Å². The first-order valence-corrected chi connectivity index (χ1v) is 5.61. The number of amides is 1. The van der Waals surface area contributed by atoms with Crippen molar-refractivity contribution in [2.24, 2.45) is 5.11 Å². The lowest BCUT2D eigenvalue weighted by Gasteiger charge is -2.07. The van der Waals surface area contributed by atoms with Crippen LogP contribution in [0.2, 0.25) is 0 Å². The van der Waals surface area contributed by atoms with E-state index < -0.39 is 10.8 Å². The number of nitro groups is 1. The van der Waals surface area contributed by atoms with Crippen LogP contribution in [-0.4, -0.2) is 23.9 Å². The number of hydrogen-bond donors (Lipinski definition) is 1. The van der Waals surface area contributed by atoms with Crippen molar-refractivity contribution in [1.29, 1.82) is 0 Å². The van der Waals surface area contributed by atoms with Crippen LogP contribution in [0.5, 0.6) is 0 Å². The molecule has 0 bridgehead atoms. The van der Waals surface area contributed by atoms with E-state index >= 15 is 0 Å². The van der Waals surface area contributed by atoms with Crippen LogP contribution < -0.4 is 5.32 Å². The molecule has 19 heavy (non-hydrogen) atoms. The molecule has 0 heterocycles. The van der Waals surface area contributed by atoms with E-state index in [1.165, 1.54) is 12.1 Å². The number of carbonyl (C=O) groups is 1. The Hall–Kier alpha value is -2.60. The second kappa shape index (κ2) is 6.97. The van der Waals surface area contributed by atoms with E-state index in [0.29, 0.717) is 18.5 Å². The van der Waals surface area contributed by atoms with Gasteiger partial charge in [-0.1, -0.05) is 17.2 Å². The molecule has 1 aromatic carbocycles. The van der Waals surface area contributed by atoms with Gasteiger partial charge in [0.15, 0.2) is 0 Å². The first-order valence-electron chi connectivity index (χ1n) is 5.61. The molecule has 0 saturated carbocycles. The van der Waals surface area contributed by atoms with Gasteiger partial charge in [0.25, 0.3) is 11.6 Å². The SMILES string of the molecule is Cc1cccc([N+](=O)[O-])c1C(=O)NCCCN=[N+]=[N-]. The van der Waals surface area contributed by atoms with Crippen LogP contribution in [-0.2, 0) is 0 Å². The summed E-state index contributed by atoms with van der Waals surface area (Å²) in [5.74, 6) is -0.495. The normalized spacial score (nSPS) is 9.53. The third kappa shape index (κ3) is 3.97. The molecule has 0 unspecified atom stereocenters. The van der Waals surface area contributed by atoms with Crippen molar-refractivity contribution < 1.29 is 9.72 Å². The molecule has 0 aromatic heterocycles. The number of benzene rings is 1. The highest BCUT2D eigenvalue weighted by Crippen LogP contribution is 2.21. The zero-order valence-electron chi connectivity index (χ0n) is 10.4. The lowest BCUT2D eigenvalue weighted by Crippen LogP contribution is -2.26. The Morgan fingerprint density at radius 2 is 2.32 bits per heavy atom. The summed E-state index contributed by atoms with van der Waals surface area (Å²) in [5.41, 5.74) is 8.48. The summed E-state index contributed by atoms with van der Waals surface area (Å²) < 4.78 is 0. The average Bonchev–Trinajstić information content (AvgIpc) is 2.37. The van der Waals surface area contributed by atoms with Gasteiger partial charge in [0.2, 0.25) is 0 Å². The van der Waals surface area contributed by atoms with Gasteiger partial charge in [-0.15, -0.1) is 0 Å². The third-order valence-electron chi connectivity index (χ3n) is 2.46. The van der Waals surface area contributed by atoms with Gasteiger partial charge in [0.1, 0.15) is 5.56 Å². The standard InChI is InChI=1S/C11H13N5O3/c1-8-4-2-5-9(16(18)19)10(8)11(17)13-6-3-7-14-15-12/h2,4-5H,3,6-7H2,1H3,(H,13,17). The molecule has 0 aliphatic rings. The molecule has 0 aliphatic heterocycles. The van der Waals surface area contributed by atoms with Crippen molar-refractivity contribution in [3.63, 3.8) is 0 Å². The zero-order chi connectivity index (χ0) is 14.3. The van der Waals surface area contributed by atoms with Crippen LogP contribution in [0.25, 0.3) is 10.4 Å². The van der Waals surface area contributed by atoms with Gasteiger partial charge in [-0.05, 0) is 24.4 Å². The summed E-state index contributed by atoms with van der Waals surface area (Å²) in [6, 6.07) is 4.47. The van der Waals surface area contributed by atoms with Gasteiger partial charge in [-0.2, -0.15) is 0 Å². The van der Waals surface area contributed by atoms with Gasteiger partial charge in [0, 0.05) is 24.1 Å². The second-order valence-corrected chi connectivity index (χ2v) is 3.79. The predicted molar refractivity (Wildman–Crippen MR) is 68.8 cm³/mol. The van der Waals surface area contributed by atoms with Crippen molar-refractivity contribution in [3.05, 3.63) is 49.9 Å². The van der Waals surface area contributed by atoms with Crippen molar-refractivity contribution in [3.8, 4) is 0 Å². The molecule has 0 atom stereocenters. The Bertz CT molecular complexity index is 537. The van der Waals surface area contributed by atoms with Gasteiger partial charge >= 0.3 is 0 Å². The first kappa shape index (κ1) is 14.5. The molecule has 1 aromatic rings. The molecule has 8 nitrogen and oxygen atoms in total. The number of nitro benzene ring substituents is 1. The Morgan fingerprint density at radius 3 is 2.95 bits per heavy atom. The maximum atomic E-state index is 11.9. The number of hydrogen-bond acceptors (Lipinski definition) is 4. The Kier molecular flexibility index (Phi) is 5.31. The fraction of sp³-hybridized carbons (Fsp3) is 0.364. The molecule has 0 fully saturated rings. The van der Waals surface area contributed by atoms with Gasteiger partial charge in [0.05, 0.1) is 4.92 Å². The summed E-state index contributed by atoms with van der Waals surface area (Å²) in [5, 5.41) is 16.8. The first-order chi connectivity index (χ1) is 9.07. The zero-order valence-corrected chi connectivity index (χ0v) is 10.4. The highest BCUT2D eigenvalue weighted by atomic mass is 16.6. The largest absolute Gasteiger partial charge is 0.352 e. The topological polar surface area (TPSA) is 121 Å². The fourth-order valence-corrected chi connectivity index (χ4v) is 1.58. The van der Waals surface area contributed by atoms with E-state index in [1.54, 1.807) is 13.0 Å². The van der Waals surface area contributed by atoms with Gasteiger partial charge in [-0.25, -0.2) is 0 Å². The lowest BCUT2D eigenvalue weighted by atomic mass is 10.1. The van der Waals surface area contributed by atoms with E-state index in [4.69, 9.17) is 5.53 Å². The number of azide groups is 1. The van der Waals surface area contributed by atoms with E-state index in [2.05, 4.69) is 15.3 Å². The summed E-state index contributed by atoms with van der Waals surface area (Å²) in [4.78, 5) is 24.8. The van der Waals surface area contributed by atoms with Gasteiger partial charge < -0.3 is 5.32 Å². The number of nitrogens with zero attached hydrogens (tertiary/aromatic N) is 4. The number of rotatable bonds is 6. The van der Waals surface area contributed by atoms with Crippen molar-refractivity contribution in [2.75, 3.05) is 13.1 Å². The Morgan fingerprint density at radius 1 is 1.58 bits per heavy atom. The highest BCUT2D eigenvalue weighted by Gasteiger charge is 2.21. The minimum Gasteiger partial charge on any atom is -0.352 e. The number of carbonyl (C=O) groups excluding carboxylic acids is 1. The molecular formula is C11H13N5O3. The minimum atomic E-state index is -0.581. The fourth-order valence-electron chi connectivity index (χ4n) is 1.58. The van der Waals surface area contributed by atoms with E-state index in [1.807, 2.05) is 0 Å². The molecular weight excluding hydrogens is 250 g/mol. The van der Waals surface area contributed by atoms with Crippen molar-refractivity contribution in [1.82, 2.24) is 5.32 Å². The molecule has 0 radical (unpaired) electrons. The van der Waals surface area contributed by atoms with Crippen LogP contribution in [0.1, 0.15) is 22.3 Å². The van der Waals surface area contributed by atoms with Crippen LogP contribution >= 0.6 is 0 Å². The molecule has 100 valence electrons. The second-order valence-electron chi connectivity index (χ2n) is 3.79. The van der Waals surface area contributed by atoms with Crippen LogP contribution in [0.15, 0.2) is 23.3 Å². The molecule has 1 N–H and O–H groups in total. The van der Waals surface area contributed by atoms with E-state index in [9.17, 15) is 14.9 Å². The molecule has 0 aliphatic carbocycles. The molecule has 1 amide bonds. The van der Waals surface area contributed by atoms with E-state index in [0.717, 1.165) is 0 Å². The smallest absolute Gasteiger partial charge is 0.282 e. The maximum Gasteiger partial charge on any atom is 0.282 e. The minimum absolute atomic E-state index is 0.0660. The van der Waals surface area contributed by atoms with Crippen LogP contribution in [0.4, 0.5) is 5.69 Å². The number of aryl methyl sites for hydroxylation is 1. The van der Waals surface area contributed by atoms with Crippen LogP contribution in [0, 0.1) is 17.0 Å². The lowest BCUT2D eigenvalue weighted by molar-refractivity contribution is -0.385. The Balaban J connectivity index is 2.76. The van der Waals surface area contributed by atoms with Crippen LogP contribution in [0.3, 0.4) is 0 Å². The average molecular weight is 263 g/mol.